The van der Waals surface area contributed by atoms with Crippen molar-refractivity contribution < 1.29 is 23.7 Å². The van der Waals surface area contributed by atoms with Crippen LogP contribution in [-0.2, 0) is 4.79 Å². The van der Waals surface area contributed by atoms with E-state index in [4.69, 9.17) is 4.42 Å². The van der Waals surface area contributed by atoms with E-state index in [1.54, 1.807) is 62.4 Å². The molecule has 0 fully saturated rings. The van der Waals surface area contributed by atoms with Gasteiger partial charge in [0.05, 0.1) is 27.3 Å². The Morgan fingerprint density at radius 1 is 0.972 bits per heavy atom. The number of aromatic nitrogens is 1. The Bertz CT molecular complexity index is 1520. The number of benzene rings is 3. The Labute approximate surface area is 204 Å². The number of non-ortho nitro benzene ring substituents is 1. The SMILES string of the molecule is CC(C)C(C(=O)Nc1ccccc1-c1nc2cc([N+](=O)[O-])ccc2o1)N1C(=O)c2ccccc2C1=O. The molecule has 1 aromatic heterocycles. The Morgan fingerprint density at radius 2 is 1.58 bits per heavy atom. The van der Waals surface area contributed by atoms with Gasteiger partial charge in [0, 0.05) is 12.1 Å². The van der Waals surface area contributed by atoms with Gasteiger partial charge < -0.3 is 9.73 Å². The summed E-state index contributed by atoms with van der Waals surface area (Å²) >= 11 is 0. The number of nitrogens with zero attached hydrogens (tertiary/aromatic N) is 3. The van der Waals surface area contributed by atoms with E-state index in [9.17, 15) is 24.5 Å². The molecule has 2 heterocycles. The molecule has 1 atom stereocenters. The summed E-state index contributed by atoms with van der Waals surface area (Å²) in [6.45, 7) is 3.51. The fourth-order valence-electron chi connectivity index (χ4n) is 4.31. The smallest absolute Gasteiger partial charge is 0.271 e. The first-order valence-corrected chi connectivity index (χ1v) is 11.2. The number of hydrogen-bond acceptors (Lipinski definition) is 7. The summed E-state index contributed by atoms with van der Waals surface area (Å²) in [5.74, 6) is -1.79. The van der Waals surface area contributed by atoms with Crippen LogP contribution in [0.2, 0.25) is 0 Å². The minimum Gasteiger partial charge on any atom is -0.436 e. The second-order valence-electron chi connectivity index (χ2n) is 8.68. The first-order valence-electron chi connectivity index (χ1n) is 11.2. The number of amides is 3. The summed E-state index contributed by atoms with van der Waals surface area (Å²) in [7, 11) is 0. The summed E-state index contributed by atoms with van der Waals surface area (Å²) < 4.78 is 5.79. The molecule has 0 aliphatic carbocycles. The normalized spacial score (nSPS) is 13.8. The number of carbonyl (C=O) groups excluding carboxylic acids is 3. The summed E-state index contributed by atoms with van der Waals surface area (Å²) in [5, 5.41) is 13.9. The van der Waals surface area contributed by atoms with Gasteiger partial charge in [0.2, 0.25) is 11.8 Å². The molecule has 0 radical (unpaired) electrons. The molecule has 180 valence electrons. The molecule has 5 rings (SSSR count). The maximum atomic E-state index is 13.5. The standard InChI is InChI=1S/C26H20N4O6/c1-14(2)22(29-25(32)16-7-3-4-8-17(16)26(29)33)23(31)27-19-10-6-5-9-18(19)24-28-20-13-15(30(34)35)11-12-21(20)36-24/h3-14,22H,1-2H3,(H,27,31). The van der Waals surface area contributed by atoms with Crippen molar-refractivity contribution in [1.29, 1.82) is 0 Å². The largest absolute Gasteiger partial charge is 0.436 e. The topological polar surface area (TPSA) is 136 Å². The third-order valence-electron chi connectivity index (χ3n) is 6.00. The molecule has 3 aromatic carbocycles. The van der Waals surface area contributed by atoms with Crippen LogP contribution in [0, 0.1) is 16.0 Å². The third kappa shape index (κ3) is 3.78. The second-order valence-corrected chi connectivity index (χ2v) is 8.68. The lowest BCUT2D eigenvalue weighted by Crippen LogP contribution is -2.50. The first kappa shape index (κ1) is 22.9. The van der Waals surface area contributed by atoms with Gasteiger partial charge in [0.1, 0.15) is 11.6 Å². The van der Waals surface area contributed by atoms with Crippen LogP contribution in [0.25, 0.3) is 22.6 Å². The van der Waals surface area contributed by atoms with Crippen LogP contribution in [0.1, 0.15) is 34.6 Å². The van der Waals surface area contributed by atoms with Crippen molar-refractivity contribution in [2.75, 3.05) is 5.32 Å². The molecule has 36 heavy (non-hydrogen) atoms. The number of rotatable bonds is 6. The van der Waals surface area contributed by atoms with Gasteiger partial charge in [-0.05, 0) is 36.2 Å². The Hall–Kier alpha value is -4.86. The number of hydrogen-bond donors (Lipinski definition) is 1. The number of oxazole rings is 1. The minimum absolute atomic E-state index is 0.121. The number of anilines is 1. The number of imide groups is 1. The molecule has 4 aromatic rings. The van der Waals surface area contributed by atoms with Crippen LogP contribution in [-0.4, -0.2) is 38.6 Å². The monoisotopic (exact) mass is 484 g/mol. The molecular formula is C26H20N4O6. The molecule has 0 bridgehead atoms. The Balaban J connectivity index is 1.47. The summed E-state index contributed by atoms with van der Waals surface area (Å²) in [6.07, 6.45) is 0. The zero-order valence-electron chi connectivity index (χ0n) is 19.3. The number of nitrogens with one attached hydrogen (secondary N) is 1. The molecular weight excluding hydrogens is 464 g/mol. The Kier molecular flexibility index (Phi) is 5.56. The van der Waals surface area contributed by atoms with Gasteiger partial charge in [-0.2, -0.15) is 0 Å². The van der Waals surface area contributed by atoms with Gasteiger partial charge in [-0.1, -0.05) is 38.1 Å². The molecule has 1 N–H and O–H groups in total. The number of para-hydroxylation sites is 1. The minimum atomic E-state index is -1.06. The van der Waals surface area contributed by atoms with Gasteiger partial charge in [0.25, 0.3) is 17.5 Å². The fourth-order valence-corrected chi connectivity index (χ4v) is 4.31. The molecule has 0 saturated carbocycles. The van der Waals surface area contributed by atoms with E-state index < -0.39 is 28.7 Å². The molecule has 1 unspecified atom stereocenters. The highest BCUT2D eigenvalue weighted by atomic mass is 16.6. The van der Waals surface area contributed by atoms with Gasteiger partial charge in [0.15, 0.2) is 5.58 Å². The van der Waals surface area contributed by atoms with Crippen molar-refractivity contribution in [3.8, 4) is 11.5 Å². The van der Waals surface area contributed by atoms with Crippen LogP contribution in [0.4, 0.5) is 11.4 Å². The van der Waals surface area contributed by atoms with Crippen molar-refractivity contribution >= 4 is 40.2 Å². The third-order valence-corrected chi connectivity index (χ3v) is 6.00. The lowest BCUT2D eigenvalue weighted by molar-refractivity contribution is -0.384. The predicted molar refractivity (Wildman–Crippen MR) is 130 cm³/mol. The quantitative estimate of drug-likeness (QED) is 0.239. The lowest BCUT2D eigenvalue weighted by atomic mass is 10.0. The number of fused-ring (bicyclic) bond motifs is 2. The summed E-state index contributed by atoms with van der Waals surface area (Å²) in [4.78, 5) is 55.5. The van der Waals surface area contributed by atoms with Gasteiger partial charge >= 0.3 is 0 Å². The Morgan fingerprint density at radius 3 is 2.19 bits per heavy atom. The van der Waals surface area contributed by atoms with E-state index in [-0.39, 0.29) is 28.6 Å². The maximum Gasteiger partial charge on any atom is 0.271 e. The van der Waals surface area contributed by atoms with Crippen molar-refractivity contribution in [2.24, 2.45) is 5.92 Å². The molecule has 10 heteroatoms. The van der Waals surface area contributed by atoms with Crippen LogP contribution in [0.3, 0.4) is 0 Å². The maximum absolute atomic E-state index is 13.5. The summed E-state index contributed by atoms with van der Waals surface area (Å²) in [5.41, 5.74) is 1.85. The second kappa shape index (κ2) is 8.73. The van der Waals surface area contributed by atoms with Crippen LogP contribution in [0.15, 0.2) is 71.1 Å². The molecule has 1 aliphatic rings. The van der Waals surface area contributed by atoms with E-state index in [2.05, 4.69) is 10.3 Å². The first-order chi connectivity index (χ1) is 17.3. The van der Waals surface area contributed by atoms with E-state index in [1.165, 1.54) is 18.2 Å². The average molecular weight is 484 g/mol. The molecule has 0 spiro atoms. The molecule has 0 saturated heterocycles. The lowest BCUT2D eigenvalue weighted by Gasteiger charge is -2.28. The highest BCUT2D eigenvalue weighted by Gasteiger charge is 2.44. The predicted octanol–water partition coefficient (Wildman–Crippen LogP) is 4.66. The molecule has 1 aliphatic heterocycles. The highest BCUT2D eigenvalue weighted by molar-refractivity contribution is 6.23. The summed E-state index contributed by atoms with van der Waals surface area (Å²) in [6, 6.07) is 16.3. The van der Waals surface area contributed by atoms with E-state index >= 15 is 0 Å². The highest BCUT2D eigenvalue weighted by Crippen LogP contribution is 2.33. The van der Waals surface area contributed by atoms with Crippen molar-refractivity contribution in [2.45, 2.75) is 19.9 Å². The van der Waals surface area contributed by atoms with Crippen molar-refractivity contribution in [3.63, 3.8) is 0 Å². The van der Waals surface area contributed by atoms with E-state index in [1.807, 2.05) is 0 Å². The number of nitro groups is 1. The van der Waals surface area contributed by atoms with Gasteiger partial charge in [-0.25, -0.2) is 4.98 Å². The van der Waals surface area contributed by atoms with Crippen molar-refractivity contribution in [1.82, 2.24) is 9.88 Å². The zero-order chi connectivity index (χ0) is 25.6. The van der Waals surface area contributed by atoms with Crippen molar-refractivity contribution in [3.05, 3.63) is 88.0 Å². The van der Waals surface area contributed by atoms with Crippen LogP contribution < -0.4 is 5.32 Å². The van der Waals surface area contributed by atoms with Crippen LogP contribution >= 0.6 is 0 Å². The zero-order valence-corrected chi connectivity index (χ0v) is 19.3. The average Bonchev–Trinajstić information content (AvgIpc) is 3.39. The van der Waals surface area contributed by atoms with Gasteiger partial charge in [-0.15, -0.1) is 0 Å². The van der Waals surface area contributed by atoms with Crippen LogP contribution in [0.5, 0.6) is 0 Å². The number of carbonyl (C=O) groups is 3. The number of nitro benzene ring substituents is 1. The molecule has 10 nitrogen and oxygen atoms in total. The van der Waals surface area contributed by atoms with E-state index in [0.29, 0.717) is 22.4 Å². The molecule has 3 amide bonds. The van der Waals surface area contributed by atoms with E-state index in [0.717, 1.165) is 4.90 Å². The van der Waals surface area contributed by atoms with Gasteiger partial charge in [-0.3, -0.25) is 29.4 Å². The fraction of sp³-hybridized carbons (Fsp3) is 0.154.